The van der Waals surface area contributed by atoms with Crippen molar-refractivity contribution in [2.24, 2.45) is 0 Å². The lowest BCUT2D eigenvalue weighted by molar-refractivity contribution is 0.249. The molecule has 3 rings (SSSR count). The molecular formula is C21H22N2O3S. The third-order valence-electron chi connectivity index (χ3n) is 4.21. The number of methoxy groups -OCH3 is 2. The summed E-state index contributed by atoms with van der Waals surface area (Å²) in [5, 5.41) is 7.93. The number of ether oxygens (including phenoxy) is 2. The molecule has 0 spiro atoms. The highest BCUT2D eigenvalue weighted by Gasteiger charge is 2.16. The number of anilines is 1. The zero-order valence-corrected chi connectivity index (χ0v) is 16.3. The number of nitrogens with one attached hydrogen (secondary N) is 2. The van der Waals surface area contributed by atoms with Crippen LogP contribution >= 0.6 is 11.3 Å². The van der Waals surface area contributed by atoms with Gasteiger partial charge in [-0.2, -0.15) is 0 Å². The van der Waals surface area contributed by atoms with Crippen molar-refractivity contribution in [3.8, 4) is 21.9 Å². The average molecular weight is 382 g/mol. The molecule has 0 bridgehead atoms. The van der Waals surface area contributed by atoms with Gasteiger partial charge in [0.15, 0.2) is 0 Å². The van der Waals surface area contributed by atoms with Crippen molar-refractivity contribution >= 4 is 23.1 Å². The molecule has 1 heterocycles. The first-order valence-electron chi connectivity index (χ1n) is 8.54. The molecule has 2 aromatic carbocycles. The highest BCUT2D eigenvalue weighted by atomic mass is 32.1. The van der Waals surface area contributed by atoms with Gasteiger partial charge in [0.2, 0.25) is 0 Å². The quantitative estimate of drug-likeness (QED) is 0.607. The SMILES string of the molecule is COc1ccc(OC)c(C(C)NC(=O)Nc2ccccc2-c2cccs2)c1. The van der Waals surface area contributed by atoms with Crippen LogP contribution in [0.2, 0.25) is 0 Å². The van der Waals surface area contributed by atoms with Gasteiger partial charge in [-0.3, -0.25) is 0 Å². The molecule has 0 aliphatic carbocycles. The molecule has 140 valence electrons. The van der Waals surface area contributed by atoms with Gasteiger partial charge in [-0.25, -0.2) is 4.79 Å². The minimum Gasteiger partial charge on any atom is -0.497 e. The summed E-state index contributed by atoms with van der Waals surface area (Å²) in [6, 6.07) is 16.8. The maximum atomic E-state index is 12.6. The molecule has 0 fully saturated rings. The van der Waals surface area contributed by atoms with Gasteiger partial charge >= 0.3 is 6.03 Å². The van der Waals surface area contributed by atoms with Crippen LogP contribution in [0.3, 0.4) is 0 Å². The average Bonchev–Trinajstić information content (AvgIpc) is 3.22. The largest absolute Gasteiger partial charge is 0.497 e. The minimum atomic E-state index is -0.281. The highest BCUT2D eigenvalue weighted by molar-refractivity contribution is 7.13. The predicted molar refractivity (Wildman–Crippen MR) is 110 cm³/mol. The van der Waals surface area contributed by atoms with Gasteiger partial charge in [0.25, 0.3) is 0 Å². The van der Waals surface area contributed by atoms with Gasteiger partial charge in [-0.15, -0.1) is 11.3 Å². The maximum Gasteiger partial charge on any atom is 0.319 e. The molecule has 2 N–H and O–H groups in total. The summed E-state index contributed by atoms with van der Waals surface area (Å²) in [4.78, 5) is 13.7. The van der Waals surface area contributed by atoms with Crippen LogP contribution in [0.25, 0.3) is 10.4 Å². The fourth-order valence-electron chi connectivity index (χ4n) is 2.85. The molecule has 27 heavy (non-hydrogen) atoms. The van der Waals surface area contributed by atoms with Gasteiger partial charge in [0, 0.05) is 16.0 Å². The van der Waals surface area contributed by atoms with Gasteiger partial charge in [0.05, 0.1) is 25.9 Å². The third-order valence-corrected chi connectivity index (χ3v) is 5.12. The van der Waals surface area contributed by atoms with Crippen molar-refractivity contribution in [2.45, 2.75) is 13.0 Å². The monoisotopic (exact) mass is 382 g/mol. The number of thiophene rings is 1. The number of para-hydroxylation sites is 1. The van der Waals surface area contributed by atoms with Crippen LogP contribution in [-0.2, 0) is 0 Å². The summed E-state index contributed by atoms with van der Waals surface area (Å²) in [6.07, 6.45) is 0. The Morgan fingerprint density at radius 3 is 2.56 bits per heavy atom. The van der Waals surface area contributed by atoms with Crippen LogP contribution in [0.15, 0.2) is 60.0 Å². The number of hydrogen-bond acceptors (Lipinski definition) is 4. The van der Waals surface area contributed by atoms with Crippen molar-refractivity contribution in [3.05, 3.63) is 65.5 Å². The lowest BCUT2D eigenvalue weighted by Crippen LogP contribution is -2.31. The predicted octanol–water partition coefficient (Wildman–Crippen LogP) is 5.32. The number of amides is 2. The van der Waals surface area contributed by atoms with E-state index in [1.165, 1.54) is 0 Å². The van der Waals surface area contributed by atoms with E-state index in [4.69, 9.17) is 9.47 Å². The molecule has 3 aromatic rings. The first kappa shape index (κ1) is 18.8. The van der Waals surface area contributed by atoms with Crippen LogP contribution in [-0.4, -0.2) is 20.3 Å². The zero-order valence-electron chi connectivity index (χ0n) is 15.5. The molecule has 1 unspecified atom stereocenters. The van der Waals surface area contributed by atoms with Crippen LogP contribution in [0.4, 0.5) is 10.5 Å². The summed E-state index contributed by atoms with van der Waals surface area (Å²) < 4.78 is 10.7. The smallest absolute Gasteiger partial charge is 0.319 e. The molecular weight excluding hydrogens is 360 g/mol. The number of hydrogen-bond donors (Lipinski definition) is 2. The van der Waals surface area contributed by atoms with E-state index in [-0.39, 0.29) is 12.1 Å². The summed E-state index contributed by atoms with van der Waals surface area (Å²) in [7, 11) is 3.22. The zero-order chi connectivity index (χ0) is 19.2. The molecule has 1 atom stereocenters. The Balaban J connectivity index is 1.76. The number of benzene rings is 2. The molecule has 2 amide bonds. The van der Waals surface area contributed by atoms with Crippen molar-refractivity contribution in [1.82, 2.24) is 5.32 Å². The van der Waals surface area contributed by atoms with E-state index in [0.717, 1.165) is 21.7 Å². The standard InChI is InChI=1S/C21H22N2O3S/c1-14(17-13-15(25-2)10-11-19(17)26-3)22-21(24)23-18-8-5-4-7-16(18)20-9-6-12-27-20/h4-14H,1-3H3,(H2,22,23,24). The summed E-state index contributed by atoms with van der Waals surface area (Å²) in [5.41, 5.74) is 2.61. The molecule has 0 aliphatic rings. The Morgan fingerprint density at radius 1 is 1.04 bits per heavy atom. The van der Waals surface area contributed by atoms with Crippen LogP contribution < -0.4 is 20.1 Å². The van der Waals surface area contributed by atoms with Gasteiger partial charge in [0.1, 0.15) is 11.5 Å². The van der Waals surface area contributed by atoms with E-state index >= 15 is 0 Å². The topological polar surface area (TPSA) is 59.6 Å². The number of carbonyl (C=O) groups excluding carboxylic acids is 1. The Labute approximate surface area is 162 Å². The second-order valence-corrected chi connectivity index (χ2v) is 6.90. The molecule has 5 nitrogen and oxygen atoms in total. The molecule has 0 radical (unpaired) electrons. The van der Waals surface area contributed by atoms with Gasteiger partial charge < -0.3 is 20.1 Å². The Bertz CT molecular complexity index is 910. The summed E-state index contributed by atoms with van der Waals surface area (Å²) >= 11 is 1.63. The van der Waals surface area contributed by atoms with E-state index in [0.29, 0.717) is 11.5 Å². The van der Waals surface area contributed by atoms with Crippen molar-refractivity contribution < 1.29 is 14.3 Å². The lowest BCUT2D eigenvalue weighted by atomic mass is 10.1. The van der Waals surface area contributed by atoms with E-state index in [1.54, 1.807) is 25.6 Å². The summed E-state index contributed by atoms with van der Waals surface area (Å²) in [6.45, 7) is 1.90. The molecule has 0 aliphatic heterocycles. The van der Waals surface area contributed by atoms with Crippen LogP contribution in [0, 0.1) is 0 Å². The first-order valence-corrected chi connectivity index (χ1v) is 9.42. The fraction of sp³-hybridized carbons (Fsp3) is 0.190. The Hall–Kier alpha value is -2.99. The number of urea groups is 1. The van der Waals surface area contributed by atoms with E-state index in [1.807, 2.05) is 66.9 Å². The van der Waals surface area contributed by atoms with Crippen molar-refractivity contribution in [2.75, 3.05) is 19.5 Å². The second kappa shape index (κ2) is 8.60. The molecule has 0 saturated heterocycles. The van der Waals surface area contributed by atoms with Gasteiger partial charge in [-0.05, 0) is 42.6 Å². The van der Waals surface area contributed by atoms with Gasteiger partial charge in [-0.1, -0.05) is 24.3 Å². The summed E-state index contributed by atoms with van der Waals surface area (Å²) in [5.74, 6) is 1.41. The Morgan fingerprint density at radius 2 is 1.85 bits per heavy atom. The maximum absolute atomic E-state index is 12.6. The normalized spacial score (nSPS) is 11.5. The van der Waals surface area contributed by atoms with E-state index < -0.39 is 0 Å². The molecule has 1 aromatic heterocycles. The molecule has 0 saturated carbocycles. The van der Waals surface area contributed by atoms with Crippen molar-refractivity contribution in [3.63, 3.8) is 0 Å². The highest BCUT2D eigenvalue weighted by Crippen LogP contribution is 2.32. The third kappa shape index (κ3) is 4.41. The van der Waals surface area contributed by atoms with E-state index in [2.05, 4.69) is 10.6 Å². The Kier molecular flexibility index (Phi) is 5.98. The second-order valence-electron chi connectivity index (χ2n) is 5.95. The fourth-order valence-corrected chi connectivity index (χ4v) is 3.62. The van der Waals surface area contributed by atoms with Crippen molar-refractivity contribution in [1.29, 1.82) is 0 Å². The minimum absolute atomic E-state index is 0.260. The first-order chi connectivity index (χ1) is 13.1. The van der Waals surface area contributed by atoms with Crippen LogP contribution in [0.1, 0.15) is 18.5 Å². The van der Waals surface area contributed by atoms with Crippen LogP contribution in [0.5, 0.6) is 11.5 Å². The number of rotatable bonds is 6. The number of carbonyl (C=O) groups is 1. The van der Waals surface area contributed by atoms with E-state index in [9.17, 15) is 4.79 Å². The lowest BCUT2D eigenvalue weighted by Gasteiger charge is -2.19. The molecule has 6 heteroatoms.